The zero-order valence-electron chi connectivity index (χ0n) is 8.05. The Hall–Kier alpha value is -1.03. The van der Waals surface area contributed by atoms with Gasteiger partial charge in [0, 0.05) is 24.3 Å². The van der Waals surface area contributed by atoms with E-state index in [1.165, 1.54) is 0 Å². The van der Waals surface area contributed by atoms with Crippen molar-refractivity contribution in [3.8, 4) is 0 Å². The maximum Gasteiger partial charge on any atom is 0.269 e. The van der Waals surface area contributed by atoms with Crippen LogP contribution in [0.3, 0.4) is 0 Å². The normalized spacial score (nSPS) is 21.5. The number of hydrogen-bond donors (Lipinski definition) is 2. The Kier molecular flexibility index (Phi) is 2.00. The smallest absolute Gasteiger partial charge is 0.269 e. The Morgan fingerprint density at radius 1 is 1.62 bits per heavy atom. The second kappa shape index (κ2) is 3.03. The lowest BCUT2D eigenvalue weighted by molar-refractivity contribution is 0.492. The van der Waals surface area contributed by atoms with Gasteiger partial charge in [0.25, 0.3) is 5.56 Å². The van der Waals surface area contributed by atoms with Crippen LogP contribution in [-0.2, 0) is 19.9 Å². The lowest BCUT2D eigenvalue weighted by Crippen LogP contribution is -2.33. The zero-order chi connectivity index (χ0) is 9.42. The molecule has 0 bridgehead atoms. The van der Waals surface area contributed by atoms with E-state index in [-0.39, 0.29) is 5.56 Å². The first-order valence-corrected chi connectivity index (χ1v) is 4.66. The highest BCUT2D eigenvalue weighted by Gasteiger charge is 2.21. The molecule has 13 heavy (non-hydrogen) atoms. The molecule has 0 spiro atoms. The molecule has 0 aromatic carbocycles. The molecule has 0 radical (unpaired) electrons. The van der Waals surface area contributed by atoms with Crippen LogP contribution in [0.2, 0.25) is 0 Å². The Labute approximate surface area is 76.9 Å². The van der Waals surface area contributed by atoms with Crippen molar-refractivity contribution in [3.63, 3.8) is 0 Å². The summed E-state index contributed by atoms with van der Waals surface area (Å²) in [6, 6.07) is 0.469. The van der Waals surface area contributed by atoms with Crippen LogP contribution in [0.1, 0.15) is 17.7 Å². The summed E-state index contributed by atoms with van der Waals surface area (Å²) in [7, 11) is 3.72. The van der Waals surface area contributed by atoms with Crippen molar-refractivity contribution in [2.75, 3.05) is 7.05 Å². The average molecular weight is 181 g/mol. The molecular formula is C9H15N3O. The Morgan fingerprint density at radius 3 is 3.08 bits per heavy atom. The highest BCUT2D eigenvalue weighted by atomic mass is 16.1. The number of hydrogen-bond acceptors (Lipinski definition) is 2. The summed E-state index contributed by atoms with van der Waals surface area (Å²) < 4.78 is 1.57. The van der Waals surface area contributed by atoms with Crippen molar-refractivity contribution in [3.05, 3.63) is 21.6 Å². The summed E-state index contributed by atoms with van der Waals surface area (Å²) in [5.41, 5.74) is 2.22. The summed E-state index contributed by atoms with van der Waals surface area (Å²) in [6.07, 6.45) is 2.96. The first-order chi connectivity index (χ1) is 6.22. The molecule has 0 saturated heterocycles. The van der Waals surface area contributed by atoms with Gasteiger partial charge in [-0.05, 0) is 26.3 Å². The van der Waals surface area contributed by atoms with Gasteiger partial charge in [-0.1, -0.05) is 0 Å². The second-order valence-electron chi connectivity index (χ2n) is 3.66. The van der Waals surface area contributed by atoms with Crippen LogP contribution >= 0.6 is 0 Å². The predicted octanol–water partition coefficient (Wildman–Crippen LogP) is -0.210. The van der Waals surface area contributed by atoms with Crippen LogP contribution in [0.4, 0.5) is 0 Å². The molecule has 0 amide bonds. The third kappa shape index (κ3) is 1.31. The van der Waals surface area contributed by atoms with Gasteiger partial charge in [-0.15, -0.1) is 0 Å². The number of aromatic nitrogens is 2. The van der Waals surface area contributed by atoms with Crippen LogP contribution in [0.25, 0.3) is 0 Å². The molecule has 1 unspecified atom stereocenters. The van der Waals surface area contributed by atoms with Crippen LogP contribution < -0.4 is 10.9 Å². The standard InChI is InChI=1S/C9H15N3O/c1-10-6-3-4-8-7(5-6)9(13)12(2)11-8/h6,10-11H,3-5H2,1-2H3. The Morgan fingerprint density at radius 2 is 2.38 bits per heavy atom. The van der Waals surface area contributed by atoms with Crippen molar-refractivity contribution < 1.29 is 0 Å². The second-order valence-corrected chi connectivity index (χ2v) is 3.66. The number of aryl methyl sites for hydroxylation is 2. The summed E-state index contributed by atoms with van der Waals surface area (Å²) >= 11 is 0. The largest absolute Gasteiger partial charge is 0.317 e. The Bertz CT molecular complexity index is 363. The molecule has 1 aliphatic carbocycles. The molecule has 1 heterocycles. The highest BCUT2D eigenvalue weighted by Crippen LogP contribution is 2.16. The molecule has 1 aromatic heterocycles. The van der Waals surface area contributed by atoms with Crippen molar-refractivity contribution >= 4 is 0 Å². The van der Waals surface area contributed by atoms with Gasteiger partial charge >= 0.3 is 0 Å². The highest BCUT2D eigenvalue weighted by molar-refractivity contribution is 5.21. The molecule has 0 aliphatic heterocycles. The first-order valence-electron chi connectivity index (χ1n) is 4.66. The van der Waals surface area contributed by atoms with Gasteiger partial charge in [0.1, 0.15) is 0 Å². The first kappa shape index (κ1) is 8.56. The number of nitrogens with one attached hydrogen (secondary N) is 2. The predicted molar refractivity (Wildman–Crippen MR) is 50.9 cm³/mol. The monoisotopic (exact) mass is 181 g/mol. The zero-order valence-corrected chi connectivity index (χ0v) is 8.05. The number of rotatable bonds is 1. The minimum Gasteiger partial charge on any atom is -0.317 e. The molecule has 1 aromatic rings. The number of likely N-dealkylation sites (N-methyl/N-ethyl adjacent to an activating group) is 1. The van der Waals surface area contributed by atoms with Gasteiger partial charge in [-0.2, -0.15) is 0 Å². The number of nitrogens with zero attached hydrogens (tertiary/aromatic N) is 1. The van der Waals surface area contributed by atoms with Crippen LogP contribution in [0.15, 0.2) is 4.79 Å². The third-order valence-corrected chi connectivity index (χ3v) is 2.83. The molecule has 1 aliphatic rings. The molecule has 4 heteroatoms. The van der Waals surface area contributed by atoms with E-state index in [9.17, 15) is 4.79 Å². The van der Waals surface area contributed by atoms with E-state index < -0.39 is 0 Å². The summed E-state index contributed by atoms with van der Waals surface area (Å²) in [5, 5.41) is 6.31. The van der Waals surface area contributed by atoms with Crippen LogP contribution in [0.5, 0.6) is 0 Å². The molecule has 4 nitrogen and oxygen atoms in total. The van der Waals surface area contributed by atoms with Crippen LogP contribution in [-0.4, -0.2) is 22.9 Å². The van der Waals surface area contributed by atoms with Crippen molar-refractivity contribution in [2.45, 2.75) is 25.3 Å². The van der Waals surface area contributed by atoms with E-state index in [4.69, 9.17) is 0 Å². The van der Waals surface area contributed by atoms with Gasteiger partial charge in [-0.3, -0.25) is 14.6 Å². The van der Waals surface area contributed by atoms with Gasteiger partial charge in [0.05, 0.1) is 0 Å². The minimum absolute atomic E-state index is 0.134. The van der Waals surface area contributed by atoms with E-state index >= 15 is 0 Å². The van der Waals surface area contributed by atoms with Gasteiger partial charge in [-0.25, -0.2) is 0 Å². The van der Waals surface area contributed by atoms with E-state index in [2.05, 4.69) is 10.4 Å². The van der Waals surface area contributed by atoms with Crippen molar-refractivity contribution in [1.82, 2.24) is 15.1 Å². The van der Waals surface area contributed by atoms with Gasteiger partial charge in [0.2, 0.25) is 0 Å². The molecule has 1 atom stereocenters. The van der Waals surface area contributed by atoms with Crippen molar-refractivity contribution in [1.29, 1.82) is 0 Å². The average Bonchev–Trinajstić information content (AvgIpc) is 2.43. The van der Waals surface area contributed by atoms with E-state index in [0.29, 0.717) is 6.04 Å². The lowest BCUT2D eigenvalue weighted by atomic mass is 9.94. The van der Waals surface area contributed by atoms with E-state index in [1.807, 2.05) is 7.05 Å². The van der Waals surface area contributed by atoms with Crippen molar-refractivity contribution in [2.24, 2.45) is 7.05 Å². The van der Waals surface area contributed by atoms with E-state index in [0.717, 1.165) is 30.5 Å². The fourth-order valence-electron chi connectivity index (χ4n) is 1.98. The summed E-state index contributed by atoms with van der Waals surface area (Å²) in [6.45, 7) is 0. The summed E-state index contributed by atoms with van der Waals surface area (Å²) in [4.78, 5) is 11.6. The molecule has 2 rings (SSSR count). The molecular weight excluding hydrogens is 166 g/mol. The SMILES string of the molecule is CNC1CCc2[nH]n(C)c(=O)c2C1. The quantitative estimate of drug-likeness (QED) is 0.630. The fourth-order valence-corrected chi connectivity index (χ4v) is 1.98. The number of fused-ring (bicyclic) bond motifs is 1. The van der Waals surface area contributed by atoms with Gasteiger partial charge in [0.15, 0.2) is 0 Å². The molecule has 0 saturated carbocycles. The topological polar surface area (TPSA) is 49.8 Å². The molecule has 2 N–H and O–H groups in total. The lowest BCUT2D eigenvalue weighted by Gasteiger charge is -2.19. The Balaban J connectivity index is 2.38. The van der Waals surface area contributed by atoms with Crippen LogP contribution in [0, 0.1) is 0 Å². The number of aromatic amines is 1. The van der Waals surface area contributed by atoms with Gasteiger partial charge < -0.3 is 5.32 Å². The molecule has 0 fully saturated rings. The minimum atomic E-state index is 0.134. The number of H-pyrrole nitrogens is 1. The third-order valence-electron chi connectivity index (χ3n) is 2.83. The summed E-state index contributed by atoms with van der Waals surface area (Å²) in [5.74, 6) is 0. The maximum absolute atomic E-state index is 11.6. The maximum atomic E-state index is 11.6. The van der Waals surface area contributed by atoms with E-state index in [1.54, 1.807) is 11.7 Å². The molecule has 72 valence electrons. The fraction of sp³-hybridized carbons (Fsp3) is 0.667.